The molecular weight excluding hydrogens is 463 g/mol. The average molecular weight is 487 g/mol. The van der Waals surface area contributed by atoms with E-state index < -0.39 is 5.96 Å². The van der Waals surface area contributed by atoms with Crippen molar-refractivity contribution in [2.75, 3.05) is 6.26 Å². The van der Waals surface area contributed by atoms with E-state index in [2.05, 4.69) is 96.2 Å². The van der Waals surface area contributed by atoms with E-state index in [0.29, 0.717) is 0 Å². The minimum atomic E-state index is -3.67. The molecular formula is C28H24ClN2PS. The number of benzene rings is 4. The molecule has 2 nitrogen and oxygen atoms in total. The van der Waals surface area contributed by atoms with Crippen molar-refractivity contribution in [3.05, 3.63) is 121 Å². The molecule has 4 aromatic carbocycles. The summed E-state index contributed by atoms with van der Waals surface area (Å²) >= 11 is 9.96. The van der Waals surface area contributed by atoms with Crippen LogP contribution in [0.1, 0.15) is 0 Å². The van der Waals surface area contributed by atoms with Crippen molar-refractivity contribution in [2.24, 2.45) is 0 Å². The zero-order valence-corrected chi connectivity index (χ0v) is 20.7. The van der Waals surface area contributed by atoms with Gasteiger partial charge in [0.2, 0.25) is 0 Å². The summed E-state index contributed by atoms with van der Waals surface area (Å²) in [6.07, 6.45) is 2.06. The quantitative estimate of drug-likeness (QED) is 0.232. The van der Waals surface area contributed by atoms with Gasteiger partial charge in [-0.25, -0.2) is 0 Å². The van der Waals surface area contributed by atoms with Crippen LogP contribution in [0.2, 0.25) is 0 Å². The second kappa shape index (κ2) is 8.83. The summed E-state index contributed by atoms with van der Waals surface area (Å²) in [5.74, 6) is -2.84. The van der Waals surface area contributed by atoms with Crippen LogP contribution in [0, 0.1) is 0 Å². The molecule has 1 aromatic heterocycles. The van der Waals surface area contributed by atoms with Crippen molar-refractivity contribution in [1.82, 2.24) is 9.97 Å². The molecule has 5 aromatic rings. The Kier molecular flexibility index (Phi) is 5.88. The number of aromatic amines is 1. The van der Waals surface area contributed by atoms with Crippen molar-refractivity contribution >= 4 is 50.3 Å². The van der Waals surface area contributed by atoms with Crippen molar-refractivity contribution < 1.29 is 0 Å². The molecule has 1 heterocycles. The topological polar surface area (TPSA) is 28.7 Å². The number of thioether (sulfide) groups is 1. The number of nitrogens with one attached hydrogen (secondary N) is 1. The first kappa shape index (κ1) is 22.0. The van der Waals surface area contributed by atoms with Gasteiger partial charge in [-0.2, -0.15) is 0 Å². The Morgan fingerprint density at radius 3 is 1.42 bits per heavy atom. The normalized spacial score (nSPS) is 12.7. The van der Waals surface area contributed by atoms with E-state index in [-0.39, 0.29) is 0 Å². The number of aromatic nitrogens is 2. The number of halogens is 1. The van der Waals surface area contributed by atoms with Crippen LogP contribution >= 0.6 is 29.0 Å². The Morgan fingerprint density at radius 2 is 1.03 bits per heavy atom. The Labute approximate surface area is 203 Å². The van der Waals surface area contributed by atoms with Crippen LogP contribution in [0.15, 0.2) is 126 Å². The summed E-state index contributed by atoms with van der Waals surface area (Å²) in [7, 11) is 0. The molecule has 0 aliphatic carbocycles. The number of rotatable bonds is 6. The van der Waals surface area contributed by atoms with Gasteiger partial charge >= 0.3 is 204 Å². The molecule has 0 unspecified atom stereocenters. The van der Waals surface area contributed by atoms with Crippen LogP contribution in [0.25, 0.3) is 11.4 Å². The summed E-state index contributed by atoms with van der Waals surface area (Å²) in [5.41, 5.74) is 2.01. The number of hydrogen-bond donors (Lipinski definition) is 1. The third-order valence-electron chi connectivity index (χ3n) is 6.04. The Morgan fingerprint density at radius 1 is 0.636 bits per heavy atom. The van der Waals surface area contributed by atoms with E-state index in [1.54, 1.807) is 11.8 Å². The van der Waals surface area contributed by atoms with Crippen LogP contribution in [0.4, 0.5) is 0 Å². The van der Waals surface area contributed by atoms with Gasteiger partial charge in [0.05, 0.1) is 0 Å². The third-order valence-corrected chi connectivity index (χ3v) is 14.1. The molecule has 5 rings (SSSR count). The molecule has 0 bridgehead atoms. The summed E-state index contributed by atoms with van der Waals surface area (Å²) < 4.78 is 0. The first-order valence-electron chi connectivity index (χ1n) is 10.8. The van der Waals surface area contributed by atoms with Gasteiger partial charge in [-0.15, -0.1) is 0 Å². The summed E-state index contributed by atoms with van der Waals surface area (Å²) in [5, 5.41) is 4.17. The van der Waals surface area contributed by atoms with E-state index in [4.69, 9.17) is 16.2 Å². The van der Waals surface area contributed by atoms with Crippen LogP contribution in [-0.4, -0.2) is 16.2 Å². The molecule has 0 saturated carbocycles. The van der Waals surface area contributed by atoms with Crippen molar-refractivity contribution in [2.45, 2.75) is 5.03 Å². The molecule has 0 aliphatic rings. The van der Waals surface area contributed by atoms with Gasteiger partial charge in [-0.3, -0.25) is 0 Å². The maximum atomic E-state index is 8.33. The van der Waals surface area contributed by atoms with E-state index in [1.807, 2.05) is 36.4 Å². The molecule has 0 atom stereocenters. The zero-order valence-electron chi connectivity index (χ0n) is 18.2. The molecule has 33 heavy (non-hydrogen) atoms. The summed E-state index contributed by atoms with van der Waals surface area (Å²) in [6.45, 7) is 0. The van der Waals surface area contributed by atoms with Crippen molar-refractivity contribution in [3.8, 4) is 11.4 Å². The molecule has 5 heteroatoms. The molecule has 0 aliphatic heterocycles. The maximum absolute atomic E-state index is 8.33. The van der Waals surface area contributed by atoms with Gasteiger partial charge in [0, 0.05) is 0 Å². The van der Waals surface area contributed by atoms with Gasteiger partial charge in [-0.1, -0.05) is 0 Å². The predicted molar refractivity (Wildman–Crippen MR) is 146 cm³/mol. The van der Waals surface area contributed by atoms with Crippen LogP contribution in [-0.2, 0) is 0 Å². The first-order chi connectivity index (χ1) is 16.2. The van der Waals surface area contributed by atoms with E-state index in [1.165, 1.54) is 0 Å². The Balaban J connectivity index is 1.96. The molecule has 1 N–H and O–H groups in total. The van der Waals surface area contributed by atoms with Gasteiger partial charge in [0.15, 0.2) is 0 Å². The summed E-state index contributed by atoms with van der Waals surface area (Å²) in [4.78, 5) is 8.76. The van der Waals surface area contributed by atoms with Gasteiger partial charge < -0.3 is 0 Å². The first-order valence-corrected chi connectivity index (χ1v) is 15.1. The molecule has 0 saturated heterocycles. The monoisotopic (exact) mass is 486 g/mol. The SMILES string of the molecule is CSc1nc(-c2ccccc2)[nH]c1P(Cl)(c1ccccc1)(c1ccccc1)c1ccccc1. The van der Waals surface area contributed by atoms with E-state index >= 15 is 0 Å². The van der Waals surface area contributed by atoms with Crippen LogP contribution in [0.5, 0.6) is 0 Å². The average Bonchev–Trinajstić information content (AvgIpc) is 3.36. The number of nitrogens with zero attached hydrogens (tertiary/aromatic N) is 1. The molecule has 164 valence electrons. The molecule has 0 spiro atoms. The Hall–Kier alpha value is -2.84. The molecule has 0 radical (unpaired) electrons. The van der Waals surface area contributed by atoms with E-state index in [9.17, 15) is 0 Å². The standard InChI is InChI=1S/C28H24ClN2PS/c1-33-28-27(30-26(31-28)22-14-6-2-7-15-22)32(29,23-16-8-3-9-17-23,24-18-10-4-11-19-24)25-20-12-5-13-21-25/h2-21H,1H3,(H,30,31). The molecule has 0 amide bonds. The van der Waals surface area contributed by atoms with Crippen molar-refractivity contribution in [1.29, 1.82) is 0 Å². The summed E-state index contributed by atoms with van der Waals surface area (Å²) in [6, 6.07) is 41.6. The predicted octanol–water partition coefficient (Wildman–Crippen LogP) is 6.11. The van der Waals surface area contributed by atoms with Gasteiger partial charge in [-0.05, 0) is 0 Å². The van der Waals surface area contributed by atoms with E-state index in [0.717, 1.165) is 37.8 Å². The van der Waals surface area contributed by atoms with Gasteiger partial charge in [0.1, 0.15) is 0 Å². The second-order valence-electron chi connectivity index (χ2n) is 7.82. The fourth-order valence-corrected chi connectivity index (χ4v) is 11.8. The zero-order chi connectivity index (χ0) is 22.8. The third kappa shape index (κ3) is 3.43. The number of imidazole rings is 1. The fraction of sp³-hybridized carbons (Fsp3) is 0.0357. The minimum absolute atomic E-state index is 0.826. The Bertz CT molecular complexity index is 1260. The van der Waals surface area contributed by atoms with Crippen molar-refractivity contribution in [3.63, 3.8) is 0 Å². The second-order valence-corrected chi connectivity index (χ2v) is 14.7. The number of hydrogen-bond acceptors (Lipinski definition) is 2. The number of H-pyrrole nitrogens is 1. The van der Waals surface area contributed by atoms with Crippen LogP contribution in [0.3, 0.4) is 0 Å². The van der Waals surface area contributed by atoms with Crippen LogP contribution < -0.4 is 21.3 Å². The molecule has 0 fully saturated rings. The van der Waals surface area contributed by atoms with Gasteiger partial charge in [0.25, 0.3) is 0 Å². The fourth-order valence-electron chi connectivity index (χ4n) is 4.47.